The van der Waals surface area contributed by atoms with E-state index in [4.69, 9.17) is 5.73 Å². The molecule has 0 heterocycles. The van der Waals surface area contributed by atoms with Crippen LogP contribution in [0.15, 0.2) is 11.8 Å². The molecule has 1 fully saturated rings. The third-order valence-electron chi connectivity index (χ3n) is 2.33. The molecular formula is C7H10N. The zero-order chi connectivity index (χ0) is 5.56. The molecule has 2 bridgehead atoms. The Morgan fingerprint density at radius 2 is 2.38 bits per heavy atom. The van der Waals surface area contributed by atoms with Gasteiger partial charge in [-0.25, -0.2) is 0 Å². The summed E-state index contributed by atoms with van der Waals surface area (Å²) in [7, 11) is 0. The Bertz CT molecular complexity index is 137. The SMILES string of the molecule is [NH]C1=CC2CCC1C2. The maximum absolute atomic E-state index is 7.38. The van der Waals surface area contributed by atoms with Crippen molar-refractivity contribution in [3.63, 3.8) is 0 Å². The quantitative estimate of drug-likeness (QED) is 0.450. The van der Waals surface area contributed by atoms with Crippen LogP contribution in [0.25, 0.3) is 0 Å². The predicted molar refractivity (Wildman–Crippen MR) is 32.0 cm³/mol. The lowest BCUT2D eigenvalue weighted by molar-refractivity contribution is 0.645. The number of nitrogens with one attached hydrogen (secondary N) is 1. The van der Waals surface area contributed by atoms with Crippen molar-refractivity contribution in [1.29, 1.82) is 0 Å². The molecule has 2 unspecified atom stereocenters. The van der Waals surface area contributed by atoms with Crippen LogP contribution in [-0.4, -0.2) is 0 Å². The summed E-state index contributed by atoms with van der Waals surface area (Å²) in [6.45, 7) is 0. The minimum absolute atomic E-state index is 0.667. The van der Waals surface area contributed by atoms with Gasteiger partial charge in [0.1, 0.15) is 0 Å². The molecule has 0 aromatic carbocycles. The summed E-state index contributed by atoms with van der Waals surface area (Å²) in [4.78, 5) is 0. The van der Waals surface area contributed by atoms with E-state index in [9.17, 15) is 0 Å². The van der Waals surface area contributed by atoms with E-state index in [1.165, 1.54) is 19.3 Å². The Hall–Kier alpha value is -0.460. The van der Waals surface area contributed by atoms with Gasteiger partial charge in [-0.05, 0) is 25.2 Å². The third-order valence-corrected chi connectivity index (χ3v) is 2.33. The summed E-state index contributed by atoms with van der Waals surface area (Å²) in [5.41, 5.74) is 8.30. The van der Waals surface area contributed by atoms with Gasteiger partial charge < -0.3 is 5.73 Å². The number of rotatable bonds is 0. The standard InChI is InChI=1S/C7H10N/c8-7-4-5-1-2-6(7)3-5/h4-6,8H,1-3H2. The number of allylic oxidation sites excluding steroid dienone is 2. The van der Waals surface area contributed by atoms with E-state index in [0.717, 1.165) is 11.6 Å². The molecule has 2 atom stereocenters. The second kappa shape index (κ2) is 1.28. The molecule has 2 aliphatic rings. The number of hydrogen-bond acceptors (Lipinski definition) is 0. The molecular weight excluding hydrogens is 98.1 g/mol. The summed E-state index contributed by atoms with van der Waals surface area (Å²) in [6.07, 6.45) is 6.07. The zero-order valence-corrected chi connectivity index (χ0v) is 4.85. The third kappa shape index (κ3) is 0.417. The van der Waals surface area contributed by atoms with E-state index in [0.29, 0.717) is 5.92 Å². The van der Waals surface area contributed by atoms with Crippen LogP contribution in [0.4, 0.5) is 0 Å². The summed E-state index contributed by atoms with van der Waals surface area (Å²) < 4.78 is 0. The topological polar surface area (TPSA) is 23.8 Å². The van der Waals surface area contributed by atoms with Gasteiger partial charge in [-0.2, -0.15) is 0 Å². The molecule has 2 aliphatic carbocycles. The van der Waals surface area contributed by atoms with E-state index in [-0.39, 0.29) is 0 Å². The molecule has 0 saturated heterocycles. The van der Waals surface area contributed by atoms with Gasteiger partial charge in [0.2, 0.25) is 0 Å². The van der Waals surface area contributed by atoms with Crippen LogP contribution < -0.4 is 5.73 Å². The second-order valence-corrected chi connectivity index (χ2v) is 2.89. The van der Waals surface area contributed by atoms with Crippen LogP contribution in [0.3, 0.4) is 0 Å². The Kier molecular flexibility index (Phi) is 0.706. The van der Waals surface area contributed by atoms with E-state index in [2.05, 4.69) is 6.08 Å². The molecule has 2 rings (SSSR count). The highest BCUT2D eigenvalue weighted by Crippen LogP contribution is 2.41. The van der Waals surface area contributed by atoms with Crippen molar-refractivity contribution < 1.29 is 0 Å². The highest BCUT2D eigenvalue weighted by molar-refractivity contribution is 5.15. The fourth-order valence-electron chi connectivity index (χ4n) is 1.84. The largest absolute Gasteiger partial charge is 0.305 e. The minimum Gasteiger partial charge on any atom is -0.305 e. The van der Waals surface area contributed by atoms with E-state index >= 15 is 0 Å². The van der Waals surface area contributed by atoms with Crippen molar-refractivity contribution >= 4 is 0 Å². The molecule has 8 heavy (non-hydrogen) atoms. The Balaban J connectivity index is 2.29. The molecule has 1 heteroatoms. The van der Waals surface area contributed by atoms with Gasteiger partial charge in [0.25, 0.3) is 0 Å². The smallest absolute Gasteiger partial charge is 0.0308 e. The van der Waals surface area contributed by atoms with Crippen LogP contribution in [-0.2, 0) is 0 Å². The highest BCUT2D eigenvalue weighted by Gasteiger charge is 2.31. The van der Waals surface area contributed by atoms with Crippen molar-refractivity contribution in [2.45, 2.75) is 19.3 Å². The molecule has 1 saturated carbocycles. The van der Waals surface area contributed by atoms with Crippen molar-refractivity contribution in [1.82, 2.24) is 5.73 Å². The molecule has 43 valence electrons. The maximum Gasteiger partial charge on any atom is 0.0308 e. The average molecular weight is 108 g/mol. The lowest BCUT2D eigenvalue weighted by atomic mass is 10.1. The van der Waals surface area contributed by atoms with Gasteiger partial charge in [0.05, 0.1) is 0 Å². The van der Waals surface area contributed by atoms with E-state index < -0.39 is 0 Å². The Morgan fingerprint density at radius 1 is 1.50 bits per heavy atom. The van der Waals surface area contributed by atoms with Gasteiger partial charge in [-0.3, -0.25) is 0 Å². The molecule has 0 aromatic rings. The summed E-state index contributed by atoms with van der Waals surface area (Å²) in [6, 6.07) is 0. The zero-order valence-electron chi connectivity index (χ0n) is 4.85. The van der Waals surface area contributed by atoms with E-state index in [1.54, 1.807) is 0 Å². The van der Waals surface area contributed by atoms with Crippen LogP contribution in [0.2, 0.25) is 0 Å². The molecule has 0 amide bonds. The van der Waals surface area contributed by atoms with Gasteiger partial charge in [-0.1, -0.05) is 6.08 Å². The fraction of sp³-hybridized carbons (Fsp3) is 0.714. The van der Waals surface area contributed by atoms with Crippen LogP contribution in [0, 0.1) is 11.8 Å². The first-order valence-corrected chi connectivity index (χ1v) is 3.29. The Labute approximate surface area is 49.6 Å². The minimum atomic E-state index is 0.667. The van der Waals surface area contributed by atoms with Gasteiger partial charge >= 0.3 is 0 Å². The van der Waals surface area contributed by atoms with E-state index in [1.807, 2.05) is 0 Å². The van der Waals surface area contributed by atoms with Crippen LogP contribution in [0.1, 0.15) is 19.3 Å². The first-order chi connectivity index (χ1) is 3.86. The fourth-order valence-corrected chi connectivity index (χ4v) is 1.84. The molecule has 0 spiro atoms. The molecule has 1 N–H and O–H groups in total. The molecule has 1 nitrogen and oxygen atoms in total. The molecule has 0 aromatic heterocycles. The predicted octanol–water partition coefficient (Wildman–Crippen LogP) is 1.58. The molecule has 0 aliphatic heterocycles. The first kappa shape index (κ1) is 4.42. The highest BCUT2D eigenvalue weighted by atomic mass is 14.6. The summed E-state index contributed by atoms with van der Waals surface area (Å²) in [5, 5.41) is 0. The van der Waals surface area contributed by atoms with Crippen molar-refractivity contribution in [2.75, 3.05) is 0 Å². The van der Waals surface area contributed by atoms with Crippen LogP contribution in [0.5, 0.6) is 0 Å². The lowest BCUT2D eigenvalue weighted by Gasteiger charge is -2.04. The normalized spacial score (nSPS) is 42.8. The first-order valence-electron chi connectivity index (χ1n) is 3.29. The van der Waals surface area contributed by atoms with Gasteiger partial charge in [-0.15, -0.1) is 0 Å². The van der Waals surface area contributed by atoms with Crippen molar-refractivity contribution in [3.05, 3.63) is 11.8 Å². The van der Waals surface area contributed by atoms with Crippen LogP contribution >= 0.6 is 0 Å². The molecule has 1 radical (unpaired) electrons. The van der Waals surface area contributed by atoms with Crippen molar-refractivity contribution in [3.8, 4) is 0 Å². The average Bonchev–Trinajstić information content (AvgIpc) is 2.23. The number of fused-ring (bicyclic) bond motifs is 2. The summed E-state index contributed by atoms with van der Waals surface area (Å²) >= 11 is 0. The summed E-state index contributed by atoms with van der Waals surface area (Å²) in [5.74, 6) is 1.47. The van der Waals surface area contributed by atoms with Gasteiger partial charge in [0, 0.05) is 11.6 Å². The number of hydrogen-bond donors (Lipinski definition) is 0. The van der Waals surface area contributed by atoms with Gasteiger partial charge in [0.15, 0.2) is 0 Å². The lowest BCUT2D eigenvalue weighted by Crippen LogP contribution is -1.96. The van der Waals surface area contributed by atoms with Crippen molar-refractivity contribution in [2.24, 2.45) is 11.8 Å². The monoisotopic (exact) mass is 108 g/mol. The Morgan fingerprint density at radius 3 is 2.62 bits per heavy atom. The second-order valence-electron chi connectivity index (χ2n) is 2.89. The maximum atomic E-state index is 7.38.